The van der Waals surface area contributed by atoms with E-state index in [4.69, 9.17) is 0 Å². The van der Waals surface area contributed by atoms with Crippen molar-refractivity contribution in [1.82, 2.24) is 5.09 Å². The van der Waals surface area contributed by atoms with Crippen molar-refractivity contribution in [2.24, 2.45) is 0 Å². The van der Waals surface area contributed by atoms with Crippen LogP contribution in [0, 0.1) is 0 Å². The molecule has 4 aromatic carbocycles. The molecule has 4 rings (SSSR count). The van der Waals surface area contributed by atoms with Crippen LogP contribution in [0.5, 0.6) is 0 Å². The lowest BCUT2D eigenvalue weighted by Crippen LogP contribution is -2.33. The van der Waals surface area contributed by atoms with Gasteiger partial charge in [0.05, 0.1) is 0 Å². The van der Waals surface area contributed by atoms with E-state index in [1.807, 2.05) is 91.0 Å². The topological polar surface area (TPSA) is 29.1 Å². The van der Waals surface area contributed by atoms with Crippen molar-refractivity contribution in [2.75, 3.05) is 0 Å². The maximum Gasteiger partial charge on any atom is 0.205 e. The monoisotopic (exact) mass is 489 g/mol. The van der Waals surface area contributed by atoms with E-state index in [0.717, 1.165) is 20.6 Å². The molecule has 0 aliphatic carbocycles. The van der Waals surface area contributed by atoms with Crippen LogP contribution in [0.25, 0.3) is 0 Å². The fourth-order valence-electron chi connectivity index (χ4n) is 3.89. The number of halogens is 1. The molecule has 0 saturated carbocycles. The molecule has 0 aliphatic heterocycles. The van der Waals surface area contributed by atoms with Crippen LogP contribution in [0.4, 0.5) is 0 Å². The number of rotatable bonds is 7. The smallest absolute Gasteiger partial charge is 0.205 e. The fourth-order valence-corrected chi connectivity index (χ4v) is 6.85. The van der Waals surface area contributed by atoms with E-state index < -0.39 is 7.29 Å². The summed E-state index contributed by atoms with van der Waals surface area (Å²) in [6.07, 6.45) is 0. The van der Waals surface area contributed by atoms with E-state index in [9.17, 15) is 4.57 Å². The number of benzene rings is 4. The Kier molecular flexibility index (Phi) is 6.87. The number of nitrogens with one attached hydrogen (secondary N) is 1. The van der Waals surface area contributed by atoms with E-state index in [1.165, 1.54) is 5.56 Å². The van der Waals surface area contributed by atoms with Gasteiger partial charge in [-0.15, -0.1) is 0 Å². The second-order valence-corrected chi connectivity index (χ2v) is 11.1. The van der Waals surface area contributed by atoms with Crippen molar-refractivity contribution in [1.29, 1.82) is 0 Å². The highest BCUT2D eigenvalue weighted by Crippen LogP contribution is 2.45. The van der Waals surface area contributed by atoms with Crippen LogP contribution in [-0.4, -0.2) is 0 Å². The quantitative estimate of drug-likeness (QED) is 0.288. The summed E-state index contributed by atoms with van der Waals surface area (Å²) < 4.78 is 15.7. The Balaban J connectivity index is 1.83. The normalized spacial score (nSPS) is 13.5. The van der Waals surface area contributed by atoms with Gasteiger partial charge in [-0.3, -0.25) is 9.65 Å². The van der Waals surface area contributed by atoms with Gasteiger partial charge >= 0.3 is 0 Å². The molecular formula is C27H25BrNOP. The highest BCUT2D eigenvalue weighted by atomic mass is 79.9. The predicted molar refractivity (Wildman–Crippen MR) is 135 cm³/mol. The molecule has 31 heavy (non-hydrogen) atoms. The van der Waals surface area contributed by atoms with Crippen molar-refractivity contribution >= 4 is 33.8 Å². The molecule has 0 radical (unpaired) electrons. The third kappa shape index (κ3) is 4.91. The summed E-state index contributed by atoms with van der Waals surface area (Å²) in [5.41, 5.74) is 2.30. The summed E-state index contributed by atoms with van der Waals surface area (Å²) in [6.45, 7) is 2.19. The Morgan fingerprint density at radius 1 is 0.677 bits per heavy atom. The van der Waals surface area contributed by atoms with Gasteiger partial charge in [-0.2, -0.15) is 0 Å². The molecule has 2 nitrogen and oxygen atoms in total. The highest BCUT2D eigenvalue weighted by molar-refractivity contribution is 9.10. The van der Waals surface area contributed by atoms with Crippen molar-refractivity contribution in [3.05, 3.63) is 131 Å². The van der Waals surface area contributed by atoms with E-state index in [1.54, 1.807) is 0 Å². The molecule has 4 heteroatoms. The van der Waals surface area contributed by atoms with Gasteiger partial charge in [0.2, 0.25) is 7.29 Å². The van der Waals surface area contributed by atoms with Gasteiger partial charge in [-0.25, -0.2) is 0 Å². The lowest BCUT2D eigenvalue weighted by Gasteiger charge is -2.31. The first kappa shape index (κ1) is 21.8. The summed E-state index contributed by atoms with van der Waals surface area (Å²) in [4.78, 5) is 0. The molecule has 2 atom stereocenters. The molecule has 0 spiro atoms. The zero-order valence-electron chi connectivity index (χ0n) is 17.4. The third-order valence-electron chi connectivity index (χ3n) is 5.59. The minimum Gasteiger partial charge on any atom is -0.297 e. The predicted octanol–water partition coefficient (Wildman–Crippen LogP) is 6.81. The fraction of sp³-hybridized carbons (Fsp3) is 0.111. The average molecular weight is 490 g/mol. The molecule has 0 fully saturated rings. The number of hydrogen-bond acceptors (Lipinski definition) is 1. The van der Waals surface area contributed by atoms with Gasteiger partial charge in [-0.1, -0.05) is 102 Å². The number of hydrogen-bond donors (Lipinski definition) is 1. The molecule has 0 aliphatic rings. The summed E-state index contributed by atoms with van der Waals surface area (Å²) >= 11 is 3.60. The molecule has 0 unspecified atom stereocenters. The Labute approximate surface area is 192 Å². The maximum atomic E-state index is 14.7. The summed E-state index contributed by atoms with van der Waals surface area (Å²) in [5.74, 6) is 0.0978. The summed E-state index contributed by atoms with van der Waals surface area (Å²) in [5, 5.41) is 5.26. The second-order valence-electron chi connectivity index (χ2n) is 7.64. The first-order chi connectivity index (χ1) is 15.1. The Morgan fingerprint density at radius 2 is 1.16 bits per heavy atom. The molecule has 4 aromatic rings. The molecule has 0 amide bonds. The van der Waals surface area contributed by atoms with Crippen LogP contribution >= 0.6 is 23.2 Å². The molecular weight excluding hydrogens is 465 g/mol. The lowest BCUT2D eigenvalue weighted by atomic mass is 9.89. The van der Waals surface area contributed by atoms with E-state index >= 15 is 0 Å². The van der Waals surface area contributed by atoms with Crippen LogP contribution in [-0.2, 0) is 4.57 Å². The second kappa shape index (κ2) is 9.78. The molecule has 0 saturated heterocycles. The SMILES string of the molecule is C[C@H](c1cccc(Br)c1)[C@H](NP(=O)(c1ccccc1)c1ccccc1)c1ccccc1. The molecule has 0 heterocycles. The van der Waals surface area contributed by atoms with Gasteiger partial charge in [-0.05, 0) is 47.5 Å². The van der Waals surface area contributed by atoms with E-state index in [2.05, 4.69) is 52.2 Å². The Hall–Kier alpha value is -2.45. The zero-order valence-corrected chi connectivity index (χ0v) is 19.8. The van der Waals surface area contributed by atoms with Crippen molar-refractivity contribution in [2.45, 2.75) is 18.9 Å². The minimum absolute atomic E-state index is 0.0978. The first-order valence-electron chi connectivity index (χ1n) is 10.4. The van der Waals surface area contributed by atoms with E-state index in [0.29, 0.717) is 0 Å². The van der Waals surface area contributed by atoms with Crippen molar-refractivity contribution < 1.29 is 4.57 Å². The highest BCUT2D eigenvalue weighted by Gasteiger charge is 2.33. The van der Waals surface area contributed by atoms with Crippen molar-refractivity contribution in [3.8, 4) is 0 Å². The lowest BCUT2D eigenvalue weighted by molar-refractivity contribution is 0.523. The molecule has 0 aromatic heterocycles. The largest absolute Gasteiger partial charge is 0.297 e. The van der Waals surface area contributed by atoms with Crippen LogP contribution in [0.3, 0.4) is 0 Å². The molecule has 0 bridgehead atoms. The first-order valence-corrected chi connectivity index (χ1v) is 12.9. The van der Waals surface area contributed by atoms with Crippen LogP contribution < -0.4 is 15.7 Å². The summed E-state index contributed by atoms with van der Waals surface area (Å²) in [7, 11) is -3.09. The van der Waals surface area contributed by atoms with Gasteiger partial charge in [0.15, 0.2) is 0 Å². The molecule has 156 valence electrons. The average Bonchev–Trinajstić information content (AvgIpc) is 2.83. The van der Waals surface area contributed by atoms with Gasteiger partial charge < -0.3 is 0 Å². The standard InChI is InChI=1S/C27H25BrNOP/c1-21(23-14-11-15-24(28)20-23)27(22-12-5-2-6-13-22)29-31(30,25-16-7-3-8-17-25)26-18-9-4-10-19-26/h2-21,27H,1H3,(H,29,30)/t21-,27+/m1/s1. The van der Waals surface area contributed by atoms with Gasteiger partial charge in [0.25, 0.3) is 0 Å². The summed E-state index contributed by atoms with van der Waals surface area (Å²) in [6, 6.07) is 38.0. The van der Waals surface area contributed by atoms with Crippen LogP contribution in [0.15, 0.2) is 120 Å². The zero-order chi connectivity index (χ0) is 21.7. The van der Waals surface area contributed by atoms with Gasteiger partial charge in [0.1, 0.15) is 0 Å². The maximum absolute atomic E-state index is 14.7. The van der Waals surface area contributed by atoms with Crippen molar-refractivity contribution in [3.63, 3.8) is 0 Å². The van der Waals surface area contributed by atoms with Crippen LogP contribution in [0.1, 0.15) is 30.0 Å². The Bertz CT molecular complexity index is 1120. The molecule has 1 N–H and O–H groups in total. The van der Waals surface area contributed by atoms with Gasteiger partial charge in [0, 0.05) is 27.0 Å². The Morgan fingerprint density at radius 3 is 1.68 bits per heavy atom. The minimum atomic E-state index is -3.09. The van der Waals surface area contributed by atoms with E-state index in [-0.39, 0.29) is 12.0 Å². The third-order valence-corrected chi connectivity index (χ3v) is 8.78. The van der Waals surface area contributed by atoms with Crippen LogP contribution in [0.2, 0.25) is 0 Å².